The molecule has 0 aliphatic carbocycles. The summed E-state index contributed by atoms with van der Waals surface area (Å²) >= 11 is 0. The van der Waals surface area contributed by atoms with Gasteiger partial charge < -0.3 is 9.16 Å². The molecule has 0 atom stereocenters. The molecule has 0 spiro atoms. The third-order valence-corrected chi connectivity index (χ3v) is 5.36. The van der Waals surface area contributed by atoms with Gasteiger partial charge in [0.15, 0.2) is 0 Å². The zero-order valence-corrected chi connectivity index (χ0v) is 13.9. The highest BCUT2D eigenvalue weighted by molar-refractivity contribution is 6.51. The van der Waals surface area contributed by atoms with Crippen LogP contribution in [0, 0.1) is 0 Å². The van der Waals surface area contributed by atoms with Gasteiger partial charge in [-0.05, 0) is 36.9 Å². The first-order valence-electron chi connectivity index (χ1n) is 7.57. The van der Waals surface area contributed by atoms with E-state index >= 15 is 0 Å². The molecular formula is C17H27O2Si. The molecule has 0 fully saturated rings. The molecule has 3 heteroatoms. The fourth-order valence-electron chi connectivity index (χ4n) is 2.12. The van der Waals surface area contributed by atoms with Crippen LogP contribution in [0.1, 0.15) is 37.8 Å². The normalized spacial score (nSPS) is 10.9. The van der Waals surface area contributed by atoms with Gasteiger partial charge in [0.05, 0.1) is 6.23 Å². The largest absolute Gasteiger partial charge is 0.414 e. The smallest absolute Gasteiger partial charge is 0.238 e. The van der Waals surface area contributed by atoms with Gasteiger partial charge in [0, 0.05) is 13.2 Å². The Hall–Kier alpha value is -0.903. The monoisotopic (exact) mass is 291 g/mol. The van der Waals surface area contributed by atoms with Crippen molar-refractivity contribution in [3.05, 3.63) is 42.0 Å². The average Bonchev–Trinajstić information content (AvgIpc) is 2.49. The van der Waals surface area contributed by atoms with Crippen LogP contribution in [0.4, 0.5) is 0 Å². The number of ether oxygens (including phenoxy) is 1. The molecule has 20 heavy (non-hydrogen) atoms. The number of rotatable bonds is 11. The zero-order valence-electron chi connectivity index (χ0n) is 12.9. The highest BCUT2D eigenvalue weighted by Crippen LogP contribution is 2.12. The van der Waals surface area contributed by atoms with Crippen molar-refractivity contribution in [1.82, 2.24) is 0 Å². The molecule has 1 aromatic rings. The summed E-state index contributed by atoms with van der Waals surface area (Å²) < 4.78 is 11.5. The number of hydrogen-bond donors (Lipinski definition) is 0. The third-order valence-electron chi connectivity index (χ3n) is 3.17. The van der Waals surface area contributed by atoms with Crippen LogP contribution in [0.2, 0.25) is 6.04 Å². The van der Waals surface area contributed by atoms with E-state index in [2.05, 4.69) is 37.8 Å². The molecule has 111 valence electrons. The second kappa shape index (κ2) is 10.8. The first-order chi connectivity index (χ1) is 9.81. The molecule has 0 saturated carbocycles. The summed E-state index contributed by atoms with van der Waals surface area (Å²) in [4.78, 5) is 0. The summed E-state index contributed by atoms with van der Waals surface area (Å²) in [6, 6.07) is 9.61. The standard InChI is InChI=1S/C17H27O2Si/c1-4-14-20(15-18-6-3)19-13-9-12-17-11-8-7-10-16(17)5-2/h5,7-8,10-11H,2,4,6,9,12-15H2,1,3H3. The molecule has 0 N–H and O–H groups in total. The van der Waals surface area contributed by atoms with Gasteiger partial charge >= 0.3 is 0 Å². The topological polar surface area (TPSA) is 18.5 Å². The van der Waals surface area contributed by atoms with Gasteiger partial charge in [0.25, 0.3) is 0 Å². The minimum Gasteiger partial charge on any atom is -0.414 e. The average molecular weight is 291 g/mol. The molecule has 2 nitrogen and oxygen atoms in total. The molecule has 0 heterocycles. The Morgan fingerprint density at radius 1 is 1.25 bits per heavy atom. The van der Waals surface area contributed by atoms with E-state index in [0.717, 1.165) is 32.3 Å². The van der Waals surface area contributed by atoms with Crippen molar-refractivity contribution in [3.63, 3.8) is 0 Å². The van der Waals surface area contributed by atoms with E-state index in [1.807, 2.05) is 13.0 Å². The molecule has 0 amide bonds. The molecule has 1 aromatic carbocycles. The van der Waals surface area contributed by atoms with Crippen LogP contribution in [0.3, 0.4) is 0 Å². The van der Waals surface area contributed by atoms with E-state index in [1.165, 1.54) is 23.6 Å². The second-order valence-corrected chi connectivity index (χ2v) is 6.94. The predicted octanol–water partition coefficient (Wildman–Crippen LogP) is 4.26. The zero-order chi connectivity index (χ0) is 14.6. The minimum absolute atomic E-state index is 0.770. The highest BCUT2D eigenvalue weighted by Gasteiger charge is 2.12. The van der Waals surface area contributed by atoms with E-state index < -0.39 is 9.04 Å². The van der Waals surface area contributed by atoms with Crippen molar-refractivity contribution in [2.45, 2.75) is 39.2 Å². The van der Waals surface area contributed by atoms with Gasteiger partial charge in [0.2, 0.25) is 9.04 Å². The first-order valence-corrected chi connectivity index (χ1v) is 9.39. The van der Waals surface area contributed by atoms with Crippen molar-refractivity contribution >= 4 is 15.1 Å². The van der Waals surface area contributed by atoms with Crippen LogP contribution in [-0.2, 0) is 15.6 Å². The quantitative estimate of drug-likeness (QED) is 0.448. The van der Waals surface area contributed by atoms with Crippen LogP contribution in [0.15, 0.2) is 30.8 Å². The number of hydrogen-bond acceptors (Lipinski definition) is 2. The van der Waals surface area contributed by atoms with Gasteiger partial charge in [-0.25, -0.2) is 0 Å². The van der Waals surface area contributed by atoms with Crippen molar-refractivity contribution in [2.24, 2.45) is 0 Å². The summed E-state index contributed by atoms with van der Waals surface area (Å²) in [6.45, 7) is 9.74. The van der Waals surface area contributed by atoms with Gasteiger partial charge in [-0.15, -0.1) is 0 Å². The van der Waals surface area contributed by atoms with Gasteiger partial charge in [-0.3, -0.25) is 0 Å². The fourth-order valence-corrected chi connectivity index (χ4v) is 3.92. The Balaban J connectivity index is 2.30. The summed E-state index contributed by atoms with van der Waals surface area (Å²) in [5.74, 6) is 0. The maximum Gasteiger partial charge on any atom is 0.238 e. The molecule has 1 radical (unpaired) electrons. The van der Waals surface area contributed by atoms with E-state index in [9.17, 15) is 0 Å². The van der Waals surface area contributed by atoms with Gasteiger partial charge in [0.1, 0.15) is 0 Å². The van der Waals surface area contributed by atoms with Crippen molar-refractivity contribution in [3.8, 4) is 0 Å². The van der Waals surface area contributed by atoms with Crippen LogP contribution in [0.25, 0.3) is 6.08 Å². The summed E-state index contributed by atoms with van der Waals surface area (Å²) in [6.07, 6.45) is 6.05. The first kappa shape index (κ1) is 17.1. The van der Waals surface area contributed by atoms with Gasteiger partial charge in [-0.1, -0.05) is 50.3 Å². The lowest BCUT2D eigenvalue weighted by Gasteiger charge is -2.14. The van der Waals surface area contributed by atoms with Crippen LogP contribution in [-0.4, -0.2) is 28.5 Å². The molecule has 0 aliphatic rings. The number of benzene rings is 1. The molecular weight excluding hydrogens is 264 g/mol. The lowest BCUT2D eigenvalue weighted by atomic mass is 10.0. The van der Waals surface area contributed by atoms with Crippen molar-refractivity contribution < 1.29 is 9.16 Å². The molecule has 0 aromatic heterocycles. The fraction of sp³-hybridized carbons (Fsp3) is 0.529. The Bertz CT molecular complexity index is 379. The van der Waals surface area contributed by atoms with Crippen molar-refractivity contribution in [2.75, 3.05) is 19.4 Å². The van der Waals surface area contributed by atoms with E-state index in [-0.39, 0.29) is 0 Å². The maximum atomic E-state index is 6.03. The van der Waals surface area contributed by atoms with E-state index in [4.69, 9.17) is 9.16 Å². The number of aryl methyl sites for hydroxylation is 1. The van der Waals surface area contributed by atoms with Crippen LogP contribution >= 0.6 is 0 Å². The van der Waals surface area contributed by atoms with E-state index in [1.54, 1.807) is 0 Å². The summed E-state index contributed by atoms with van der Waals surface area (Å²) in [7, 11) is -0.770. The highest BCUT2D eigenvalue weighted by atomic mass is 28.3. The van der Waals surface area contributed by atoms with Crippen LogP contribution < -0.4 is 0 Å². The minimum atomic E-state index is -0.770. The summed E-state index contributed by atoms with van der Waals surface area (Å²) in [5, 5.41) is 0. The van der Waals surface area contributed by atoms with Gasteiger partial charge in [-0.2, -0.15) is 0 Å². The third kappa shape index (κ3) is 6.50. The molecule has 0 saturated heterocycles. The molecule has 0 unspecified atom stereocenters. The lowest BCUT2D eigenvalue weighted by molar-refractivity contribution is 0.170. The van der Waals surface area contributed by atoms with Crippen LogP contribution in [0.5, 0.6) is 0 Å². The van der Waals surface area contributed by atoms with E-state index in [0.29, 0.717) is 0 Å². The Kier molecular flexibility index (Phi) is 9.29. The molecule has 0 aliphatic heterocycles. The van der Waals surface area contributed by atoms with Crippen molar-refractivity contribution in [1.29, 1.82) is 0 Å². The Morgan fingerprint density at radius 2 is 2.05 bits per heavy atom. The summed E-state index contributed by atoms with van der Waals surface area (Å²) in [5.41, 5.74) is 2.60. The Labute approximate surface area is 125 Å². The molecule has 0 bridgehead atoms. The Morgan fingerprint density at radius 3 is 2.75 bits per heavy atom. The predicted molar refractivity (Wildman–Crippen MR) is 88.2 cm³/mol. The second-order valence-electron chi connectivity index (χ2n) is 4.78. The maximum absolute atomic E-state index is 6.03. The molecule has 1 rings (SSSR count). The lowest BCUT2D eigenvalue weighted by Crippen LogP contribution is -2.25. The SMILES string of the molecule is C=Cc1ccccc1CCCO[Si](CCC)COCC.